The fraction of sp³-hybridized carbons (Fsp3) is 0.667. The topological polar surface area (TPSA) is 12.0 Å². The molecule has 1 aromatic heterocycles. The summed E-state index contributed by atoms with van der Waals surface area (Å²) in [6.45, 7) is 5.79. The largest absolute Gasteiger partial charge is 0.311 e. The fourth-order valence-electron chi connectivity index (χ4n) is 2.43. The van der Waals surface area contributed by atoms with E-state index in [9.17, 15) is 0 Å². The van der Waals surface area contributed by atoms with Crippen LogP contribution in [-0.2, 0) is 6.42 Å². The molecule has 1 fully saturated rings. The molecule has 84 valence electrons. The predicted octanol–water partition coefficient (Wildman–Crippen LogP) is 3.72. The van der Waals surface area contributed by atoms with Crippen molar-refractivity contribution in [2.45, 2.75) is 38.6 Å². The summed E-state index contributed by atoms with van der Waals surface area (Å²) in [5.41, 5.74) is 0.314. The predicted molar refractivity (Wildman–Crippen MR) is 67.8 cm³/mol. The summed E-state index contributed by atoms with van der Waals surface area (Å²) < 4.78 is 0. The van der Waals surface area contributed by atoms with Crippen molar-refractivity contribution in [2.75, 3.05) is 6.54 Å². The highest BCUT2D eigenvalue weighted by molar-refractivity contribution is 7.10. The van der Waals surface area contributed by atoms with Crippen LogP contribution in [0.15, 0.2) is 11.4 Å². The van der Waals surface area contributed by atoms with Crippen LogP contribution >= 0.6 is 22.9 Å². The minimum Gasteiger partial charge on any atom is -0.311 e. The first kappa shape index (κ1) is 11.4. The van der Waals surface area contributed by atoms with E-state index in [4.69, 9.17) is 11.6 Å². The smallest absolute Gasteiger partial charge is 0.0515 e. The van der Waals surface area contributed by atoms with E-state index in [1.165, 1.54) is 17.7 Å². The number of hydrogen-bond donors (Lipinski definition) is 1. The highest BCUT2D eigenvalue weighted by Crippen LogP contribution is 2.33. The number of hydrogen-bond acceptors (Lipinski definition) is 2. The summed E-state index contributed by atoms with van der Waals surface area (Å²) in [4.78, 5) is 1.41. The van der Waals surface area contributed by atoms with Crippen LogP contribution in [0, 0.1) is 5.92 Å². The Morgan fingerprint density at radius 2 is 2.40 bits per heavy atom. The van der Waals surface area contributed by atoms with Crippen LogP contribution in [0.1, 0.15) is 31.6 Å². The lowest BCUT2D eigenvalue weighted by atomic mass is 9.81. The molecule has 3 heteroatoms. The molecule has 0 spiro atoms. The SMILES string of the molecule is CC(C)C1(Cc2cc(Cl)cs2)CCCN1. The van der Waals surface area contributed by atoms with Crippen molar-refractivity contribution in [3.05, 3.63) is 21.3 Å². The lowest BCUT2D eigenvalue weighted by molar-refractivity contribution is 0.271. The van der Waals surface area contributed by atoms with Gasteiger partial charge in [0.25, 0.3) is 0 Å². The molecule has 1 aromatic rings. The first-order valence-corrected chi connectivity index (χ1v) is 6.86. The van der Waals surface area contributed by atoms with Gasteiger partial charge in [-0.1, -0.05) is 25.4 Å². The fourth-order valence-corrected chi connectivity index (χ4v) is 3.63. The second-order valence-corrected chi connectivity index (χ2v) is 6.18. The van der Waals surface area contributed by atoms with Gasteiger partial charge in [-0.25, -0.2) is 0 Å². The number of rotatable bonds is 3. The van der Waals surface area contributed by atoms with Crippen LogP contribution in [-0.4, -0.2) is 12.1 Å². The van der Waals surface area contributed by atoms with Crippen LogP contribution in [0.5, 0.6) is 0 Å². The van der Waals surface area contributed by atoms with Crippen LogP contribution < -0.4 is 5.32 Å². The molecule has 0 aliphatic carbocycles. The van der Waals surface area contributed by atoms with Gasteiger partial charge in [0.2, 0.25) is 0 Å². The molecular weight excluding hydrogens is 226 g/mol. The van der Waals surface area contributed by atoms with E-state index < -0.39 is 0 Å². The molecule has 15 heavy (non-hydrogen) atoms. The van der Waals surface area contributed by atoms with Gasteiger partial charge in [0.05, 0.1) is 5.02 Å². The van der Waals surface area contributed by atoms with E-state index in [-0.39, 0.29) is 0 Å². The molecule has 0 bridgehead atoms. The number of nitrogens with one attached hydrogen (secondary N) is 1. The first-order valence-electron chi connectivity index (χ1n) is 5.60. The second-order valence-electron chi connectivity index (χ2n) is 4.75. The van der Waals surface area contributed by atoms with Crippen LogP contribution in [0.3, 0.4) is 0 Å². The molecule has 1 aliphatic rings. The highest BCUT2D eigenvalue weighted by Gasteiger charge is 2.36. The lowest BCUT2D eigenvalue weighted by Crippen LogP contribution is -2.46. The van der Waals surface area contributed by atoms with Gasteiger partial charge in [-0.15, -0.1) is 11.3 Å². The van der Waals surface area contributed by atoms with Crippen LogP contribution in [0.2, 0.25) is 5.02 Å². The van der Waals surface area contributed by atoms with E-state index in [2.05, 4.69) is 25.2 Å². The third kappa shape index (κ3) is 2.38. The van der Waals surface area contributed by atoms with Crippen LogP contribution in [0.25, 0.3) is 0 Å². The third-order valence-corrected chi connectivity index (χ3v) is 4.78. The summed E-state index contributed by atoms with van der Waals surface area (Å²) in [6, 6.07) is 2.11. The van der Waals surface area contributed by atoms with Crippen molar-refractivity contribution in [3.8, 4) is 0 Å². The normalized spacial score (nSPS) is 26.4. The van der Waals surface area contributed by atoms with Gasteiger partial charge in [0, 0.05) is 22.2 Å². The zero-order chi connectivity index (χ0) is 10.9. The molecule has 0 aromatic carbocycles. The molecule has 1 aliphatic heterocycles. The van der Waals surface area contributed by atoms with E-state index >= 15 is 0 Å². The highest BCUT2D eigenvalue weighted by atomic mass is 35.5. The first-order chi connectivity index (χ1) is 7.12. The molecule has 1 N–H and O–H groups in total. The summed E-state index contributed by atoms with van der Waals surface area (Å²) in [7, 11) is 0. The molecule has 1 unspecified atom stereocenters. The van der Waals surface area contributed by atoms with Gasteiger partial charge in [-0.3, -0.25) is 0 Å². The molecule has 0 saturated carbocycles. The summed E-state index contributed by atoms with van der Waals surface area (Å²) in [6.07, 6.45) is 3.72. The quantitative estimate of drug-likeness (QED) is 0.853. The van der Waals surface area contributed by atoms with Crippen LogP contribution in [0.4, 0.5) is 0 Å². The average Bonchev–Trinajstić information content (AvgIpc) is 2.77. The van der Waals surface area contributed by atoms with Gasteiger partial charge in [0.1, 0.15) is 0 Å². The van der Waals surface area contributed by atoms with Crippen molar-refractivity contribution < 1.29 is 0 Å². The Kier molecular flexibility index (Phi) is 3.39. The van der Waals surface area contributed by atoms with Crippen molar-refractivity contribution in [1.29, 1.82) is 0 Å². The minimum atomic E-state index is 0.314. The zero-order valence-corrected chi connectivity index (χ0v) is 10.9. The van der Waals surface area contributed by atoms with E-state index in [1.54, 1.807) is 11.3 Å². The van der Waals surface area contributed by atoms with Gasteiger partial charge >= 0.3 is 0 Å². The maximum Gasteiger partial charge on any atom is 0.0515 e. The van der Waals surface area contributed by atoms with Gasteiger partial charge in [-0.05, 0) is 31.4 Å². The third-order valence-electron chi connectivity index (χ3n) is 3.49. The van der Waals surface area contributed by atoms with Crippen molar-refractivity contribution in [1.82, 2.24) is 5.32 Å². The molecule has 0 radical (unpaired) electrons. The Labute approximate surface area is 101 Å². The Balaban J connectivity index is 2.13. The number of thiophene rings is 1. The van der Waals surface area contributed by atoms with Crippen molar-refractivity contribution in [3.63, 3.8) is 0 Å². The van der Waals surface area contributed by atoms with E-state index in [1.807, 2.05) is 5.38 Å². The summed E-state index contributed by atoms with van der Waals surface area (Å²) >= 11 is 7.74. The van der Waals surface area contributed by atoms with Crippen molar-refractivity contribution >= 4 is 22.9 Å². The molecule has 1 atom stereocenters. The Morgan fingerprint density at radius 3 is 2.87 bits per heavy atom. The summed E-state index contributed by atoms with van der Waals surface area (Å²) in [5.74, 6) is 0.681. The second kappa shape index (κ2) is 4.44. The molecule has 1 nitrogen and oxygen atoms in total. The van der Waals surface area contributed by atoms with E-state index in [0.29, 0.717) is 11.5 Å². The Morgan fingerprint density at radius 1 is 1.60 bits per heavy atom. The maximum absolute atomic E-state index is 5.96. The summed E-state index contributed by atoms with van der Waals surface area (Å²) in [5, 5.41) is 6.60. The Hall–Kier alpha value is -0.0500. The lowest BCUT2D eigenvalue weighted by Gasteiger charge is -2.33. The molecular formula is C12H18ClNS. The standard InChI is InChI=1S/C12H18ClNS/c1-9(2)12(4-3-5-14-12)7-11-6-10(13)8-15-11/h6,8-9,14H,3-5,7H2,1-2H3. The molecule has 2 rings (SSSR count). The average molecular weight is 244 g/mol. The maximum atomic E-state index is 5.96. The van der Waals surface area contributed by atoms with Gasteiger partial charge in [0.15, 0.2) is 0 Å². The molecule has 2 heterocycles. The van der Waals surface area contributed by atoms with E-state index in [0.717, 1.165) is 18.0 Å². The molecule has 1 saturated heterocycles. The number of halogens is 1. The molecule has 0 amide bonds. The van der Waals surface area contributed by atoms with Gasteiger partial charge < -0.3 is 5.32 Å². The Bertz CT molecular complexity index is 326. The van der Waals surface area contributed by atoms with Gasteiger partial charge in [-0.2, -0.15) is 0 Å². The minimum absolute atomic E-state index is 0.314. The van der Waals surface area contributed by atoms with Crippen molar-refractivity contribution in [2.24, 2.45) is 5.92 Å². The monoisotopic (exact) mass is 243 g/mol. The zero-order valence-electron chi connectivity index (χ0n) is 9.35.